The maximum atomic E-state index is 13.4. The first kappa shape index (κ1) is 15.0. The summed E-state index contributed by atoms with van der Waals surface area (Å²) in [5.74, 6) is 0.186. The molecule has 0 fully saturated rings. The lowest BCUT2D eigenvalue weighted by molar-refractivity contribution is -0.00134. The molecule has 5 heteroatoms. The third-order valence-corrected chi connectivity index (χ3v) is 4.31. The molecule has 2 atom stereocenters. The highest BCUT2D eigenvalue weighted by Crippen LogP contribution is 2.33. The van der Waals surface area contributed by atoms with Crippen molar-refractivity contribution in [2.75, 3.05) is 6.61 Å². The SMILES string of the molecule is OC[C@H](O)[C@H](Oc1cccc2sccc12)c1cccc(F)c1. The fraction of sp³-hybridized carbons (Fsp3) is 0.176. The maximum absolute atomic E-state index is 13.4. The highest BCUT2D eigenvalue weighted by Gasteiger charge is 2.24. The van der Waals surface area contributed by atoms with Gasteiger partial charge in [0.1, 0.15) is 17.7 Å². The third-order valence-electron chi connectivity index (χ3n) is 3.42. The molecule has 3 aromatic rings. The number of fused-ring (bicyclic) bond motifs is 1. The third kappa shape index (κ3) is 2.97. The van der Waals surface area contributed by atoms with Crippen LogP contribution >= 0.6 is 11.3 Å². The summed E-state index contributed by atoms with van der Waals surface area (Å²) >= 11 is 1.59. The molecule has 1 aromatic heterocycles. The second-order valence-electron chi connectivity index (χ2n) is 4.93. The molecule has 0 aliphatic heterocycles. The molecule has 114 valence electrons. The first-order valence-corrected chi connectivity index (χ1v) is 7.74. The van der Waals surface area contributed by atoms with Crippen LogP contribution in [-0.4, -0.2) is 22.9 Å². The molecule has 0 aliphatic carbocycles. The van der Waals surface area contributed by atoms with E-state index in [1.807, 2.05) is 23.6 Å². The van der Waals surface area contributed by atoms with Gasteiger partial charge in [-0.05, 0) is 41.3 Å². The van der Waals surface area contributed by atoms with Crippen molar-refractivity contribution in [2.45, 2.75) is 12.2 Å². The number of thiophene rings is 1. The van der Waals surface area contributed by atoms with Gasteiger partial charge in [0.2, 0.25) is 0 Å². The molecule has 2 N–H and O–H groups in total. The van der Waals surface area contributed by atoms with Gasteiger partial charge in [-0.15, -0.1) is 11.3 Å². The zero-order valence-corrected chi connectivity index (χ0v) is 12.5. The van der Waals surface area contributed by atoms with Crippen molar-refractivity contribution >= 4 is 21.4 Å². The van der Waals surface area contributed by atoms with Crippen LogP contribution in [0, 0.1) is 5.82 Å². The van der Waals surface area contributed by atoms with Gasteiger partial charge in [0, 0.05) is 10.1 Å². The summed E-state index contributed by atoms with van der Waals surface area (Å²) < 4.78 is 20.4. The van der Waals surface area contributed by atoms with E-state index in [2.05, 4.69) is 0 Å². The van der Waals surface area contributed by atoms with Crippen molar-refractivity contribution in [2.24, 2.45) is 0 Å². The van der Waals surface area contributed by atoms with E-state index in [-0.39, 0.29) is 0 Å². The Hall–Kier alpha value is -1.95. The van der Waals surface area contributed by atoms with Crippen molar-refractivity contribution < 1.29 is 19.3 Å². The molecule has 0 spiro atoms. The van der Waals surface area contributed by atoms with Gasteiger partial charge in [-0.1, -0.05) is 18.2 Å². The standard InChI is InChI=1S/C17H15FO3S/c18-12-4-1-3-11(9-12)17(14(20)10-19)21-15-5-2-6-16-13(15)7-8-22-16/h1-9,14,17,19-20H,10H2/t14-,17+/m0/s1. The molecule has 0 radical (unpaired) electrons. The Morgan fingerprint density at radius 2 is 1.95 bits per heavy atom. The minimum Gasteiger partial charge on any atom is -0.482 e. The molecule has 0 aliphatic rings. The number of hydrogen-bond acceptors (Lipinski definition) is 4. The number of aliphatic hydroxyl groups is 2. The van der Waals surface area contributed by atoms with Crippen molar-refractivity contribution in [1.82, 2.24) is 0 Å². The van der Waals surface area contributed by atoms with Gasteiger partial charge in [0.15, 0.2) is 6.10 Å². The van der Waals surface area contributed by atoms with Crippen LogP contribution in [0.5, 0.6) is 5.75 Å². The van der Waals surface area contributed by atoms with E-state index in [1.54, 1.807) is 29.5 Å². The number of rotatable bonds is 5. The fourth-order valence-electron chi connectivity index (χ4n) is 2.35. The van der Waals surface area contributed by atoms with E-state index in [0.29, 0.717) is 11.3 Å². The second-order valence-corrected chi connectivity index (χ2v) is 5.88. The predicted octanol–water partition coefficient (Wildman–Crippen LogP) is 3.51. The van der Waals surface area contributed by atoms with Gasteiger partial charge in [-0.25, -0.2) is 4.39 Å². The van der Waals surface area contributed by atoms with Crippen molar-refractivity contribution in [3.8, 4) is 5.75 Å². The fourth-order valence-corrected chi connectivity index (χ4v) is 3.16. The molecular weight excluding hydrogens is 303 g/mol. The Labute approximate surface area is 131 Å². The molecule has 1 heterocycles. The van der Waals surface area contributed by atoms with E-state index < -0.39 is 24.6 Å². The largest absolute Gasteiger partial charge is 0.482 e. The summed E-state index contributed by atoms with van der Waals surface area (Å²) in [4.78, 5) is 0. The lowest BCUT2D eigenvalue weighted by Crippen LogP contribution is -2.27. The lowest BCUT2D eigenvalue weighted by Gasteiger charge is -2.24. The van der Waals surface area contributed by atoms with Crippen LogP contribution in [-0.2, 0) is 0 Å². The van der Waals surface area contributed by atoms with Gasteiger partial charge in [0.25, 0.3) is 0 Å². The zero-order chi connectivity index (χ0) is 15.5. The van der Waals surface area contributed by atoms with Crippen LogP contribution in [0.3, 0.4) is 0 Å². The first-order valence-electron chi connectivity index (χ1n) is 6.86. The minimum atomic E-state index is -1.14. The smallest absolute Gasteiger partial charge is 0.152 e. The van der Waals surface area contributed by atoms with Gasteiger partial charge in [-0.2, -0.15) is 0 Å². The second kappa shape index (κ2) is 6.44. The zero-order valence-electron chi connectivity index (χ0n) is 11.6. The van der Waals surface area contributed by atoms with Gasteiger partial charge >= 0.3 is 0 Å². The van der Waals surface area contributed by atoms with E-state index in [0.717, 1.165) is 10.1 Å². The molecule has 0 amide bonds. The molecule has 2 aromatic carbocycles. The van der Waals surface area contributed by atoms with Crippen LogP contribution in [0.25, 0.3) is 10.1 Å². The molecule has 22 heavy (non-hydrogen) atoms. The normalized spacial score (nSPS) is 14.0. The predicted molar refractivity (Wildman–Crippen MR) is 84.7 cm³/mol. The monoisotopic (exact) mass is 318 g/mol. The van der Waals surface area contributed by atoms with Crippen molar-refractivity contribution in [1.29, 1.82) is 0 Å². The van der Waals surface area contributed by atoms with Crippen LogP contribution < -0.4 is 4.74 Å². The van der Waals surface area contributed by atoms with Crippen molar-refractivity contribution in [3.63, 3.8) is 0 Å². The van der Waals surface area contributed by atoms with Crippen LogP contribution in [0.15, 0.2) is 53.9 Å². The molecular formula is C17H15FO3S. The van der Waals surface area contributed by atoms with E-state index >= 15 is 0 Å². The Kier molecular flexibility index (Phi) is 4.38. The van der Waals surface area contributed by atoms with Crippen LogP contribution in [0.4, 0.5) is 4.39 Å². The highest BCUT2D eigenvalue weighted by molar-refractivity contribution is 7.17. The van der Waals surface area contributed by atoms with Gasteiger partial charge < -0.3 is 14.9 Å². The quantitative estimate of drug-likeness (QED) is 0.757. The number of halogens is 1. The topological polar surface area (TPSA) is 49.7 Å². The molecule has 3 nitrogen and oxygen atoms in total. The summed E-state index contributed by atoms with van der Waals surface area (Å²) in [6, 6.07) is 13.4. The maximum Gasteiger partial charge on any atom is 0.152 e. The van der Waals surface area contributed by atoms with Gasteiger partial charge in [0.05, 0.1) is 6.61 Å². The Morgan fingerprint density at radius 1 is 1.14 bits per heavy atom. The summed E-state index contributed by atoms with van der Waals surface area (Å²) in [6.45, 7) is -0.471. The molecule has 0 saturated heterocycles. The van der Waals surface area contributed by atoms with Crippen molar-refractivity contribution in [3.05, 3.63) is 65.3 Å². The summed E-state index contributed by atoms with van der Waals surface area (Å²) in [7, 11) is 0. The van der Waals surface area contributed by atoms with E-state index in [1.165, 1.54) is 12.1 Å². The van der Waals surface area contributed by atoms with Gasteiger partial charge in [-0.3, -0.25) is 0 Å². The minimum absolute atomic E-state index is 0.412. The summed E-state index contributed by atoms with van der Waals surface area (Å²) in [6.07, 6.45) is -1.98. The van der Waals surface area contributed by atoms with E-state index in [9.17, 15) is 14.6 Å². The Balaban J connectivity index is 1.98. The molecule has 0 unspecified atom stereocenters. The number of hydrogen-bond donors (Lipinski definition) is 2. The van der Waals surface area contributed by atoms with E-state index in [4.69, 9.17) is 4.74 Å². The number of ether oxygens (including phenoxy) is 1. The molecule has 0 saturated carbocycles. The average Bonchev–Trinajstić information content (AvgIpc) is 3.01. The molecule has 0 bridgehead atoms. The molecule has 3 rings (SSSR count). The van der Waals surface area contributed by atoms with Crippen LogP contribution in [0.2, 0.25) is 0 Å². The summed E-state index contributed by atoms with van der Waals surface area (Å²) in [5.41, 5.74) is 0.480. The Bertz CT molecular complexity index is 771. The average molecular weight is 318 g/mol. The first-order chi connectivity index (χ1) is 10.7. The Morgan fingerprint density at radius 3 is 2.73 bits per heavy atom. The summed E-state index contributed by atoms with van der Waals surface area (Å²) in [5, 5.41) is 22.2. The van der Waals surface area contributed by atoms with Crippen LogP contribution in [0.1, 0.15) is 11.7 Å². The number of benzene rings is 2. The highest BCUT2D eigenvalue weighted by atomic mass is 32.1. The number of aliphatic hydroxyl groups excluding tert-OH is 2. The lowest BCUT2D eigenvalue weighted by atomic mass is 10.0.